The Morgan fingerprint density at radius 2 is 1.44 bits per heavy atom. The molecule has 5 nitrogen and oxygen atoms in total. The number of non-ortho nitro benzene ring substituents is 1. The van der Waals surface area contributed by atoms with E-state index in [9.17, 15) is 10.1 Å². The minimum atomic E-state index is -0.395. The van der Waals surface area contributed by atoms with Crippen molar-refractivity contribution in [3.05, 3.63) is 82.9 Å². The van der Waals surface area contributed by atoms with Crippen LogP contribution in [0.3, 0.4) is 0 Å². The molecule has 6 heteroatoms. The highest BCUT2D eigenvalue weighted by molar-refractivity contribution is 6.08. The highest BCUT2D eigenvalue weighted by atomic mass is 35.5. The van der Waals surface area contributed by atoms with Crippen LogP contribution in [0, 0.1) is 10.1 Å². The van der Waals surface area contributed by atoms with Gasteiger partial charge in [-0.15, -0.1) is 0 Å². The topological polar surface area (TPSA) is 68.1 Å². The number of para-hydroxylation sites is 2. The van der Waals surface area contributed by atoms with Crippen molar-refractivity contribution >= 4 is 38.9 Å². The van der Waals surface area contributed by atoms with Crippen LogP contribution in [0.15, 0.2) is 72.8 Å². The highest BCUT2D eigenvalue weighted by Gasteiger charge is 2.11. The normalized spacial score (nSPS) is 10.4. The van der Waals surface area contributed by atoms with Gasteiger partial charge in [0.05, 0.1) is 21.6 Å². The molecule has 0 aliphatic rings. The number of rotatable bonds is 3. The van der Waals surface area contributed by atoms with Crippen LogP contribution in [-0.4, -0.2) is 9.91 Å². The van der Waals surface area contributed by atoms with E-state index in [1.165, 1.54) is 12.1 Å². The zero-order valence-electron chi connectivity index (χ0n) is 13.0. The zero-order chi connectivity index (χ0) is 16.5. The molecule has 0 aliphatic carbocycles. The van der Waals surface area contributed by atoms with Crippen LogP contribution in [-0.2, 0) is 0 Å². The summed E-state index contributed by atoms with van der Waals surface area (Å²) in [4.78, 5) is 15.3. The maximum atomic E-state index is 11.0. The number of nitrogens with one attached hydrogen (secondary N) is 1. The van der Waals surface area contributed by atoms with Gasteiger partial charge in [0.2, 0.25) is 0 Å². The molecule has 3 aromatic carbocycles. The van der Waals surface area contributed by atoms with E-state index < -0.39 is 4.92 Å². The van der Waals surface area contributed by atoms with Crippen LogP contribution in [0.4, 0.5) is 17.1 Å². The second-order valence-corrected chi connectivity index (χ2v) is 5.45. The Hall–Kier alpha value is -3.18. The van der Waals surface area contributed by atoms with Gasteiger partial charge in [-0.1, -0.05) is 42.5 Å². The number of anilines is 2. The van der Waals surface area contributed by atoms with E-state index in [1.807, 2.05) is 54.6 Å². The van der Waals surface area contributed by atoms with Crippen molar-refractivity contribution in [2.24, 2.45) is 0 Å². The zero-order valence-corrected chi connectivity index (χ0v) is 13.8. The average molecular weight is 351 g/mol. The largest absolute Gasteiger partial charge is 1.00 e. The number of hydrogen-bond acceptors (Lipinski definition) is 4. The van der Waals surface area contributed by atoms with Gasteiger partial charge in [-0.25, -0.2) is 4.98 Å². The van der Waals surface area contributed by atoms with Gasteiger partial charge in [-0.3, -0.25) is 10.1 Å². The number of nitrogens with zero attached hydrogens (tertiary/aromatic N) is 2. The quantitative estimate of drug-likeness (QED) is 0.349. The lowest BCUT2D eigenvalue weighted by Crippen LogP contribution is -3.00. The second kappa shape index (κ2) is 6.75. The van der Waals surface area contributed by atoms with Crippen LogP contribution >= 0.6 is 0 Å². The molecule has 0 radical (unpaired) electrons. The first-order valence-electron chi connectivity index (χ1n) is 7.51. The van der Waals surface area contributed by atoms with Gasteiger partial charge in [0, 0.05) is 28.6 Å². The van der Waals surface area contributed by atoms with Crippen molar-refractivity contribution in [1.82, 2.24) is 4.98 Å². The number of halogens is 1. The third-order valence-corrected chi connectivity index (χ3v) is 3.91. The first-order chi connectivity index (χ1) is 11.7. The molecule has 1 aromatic heterocycles. The monoisotopic (exact) mass is 350 g/mol. The van der Waals surface area contributed by atoms with Gasteiger partial charge in [-0.2, -0.15) is 0 Å². The fraction of sp³-hybridized carbons (Fsp3) is 0. The number of pyridine rings is 1. The Bertz CT molecular complexity index is 1030. The molecule has 0 atom stereocenters. The molecule has 0 spiro atoms. The summed E-state index contributed by atoms with van der Waals surface area (Å²) < 4.78 is 0. The van der Waals surface area contributed by atoms with Gasteiger partial charge >= 0.3 is 0 Å². The van der Waals surface area contributed by atoms with E-state index in [0.717, 1.165) is 27.5 Å². The maximum absolute atomic E-state index is 11.0. The maximum Gasteiger partial charge on any atom is 0.271 e. The molecule has 124 valence electrons. The number of nitro benzene ring substituents is 1. The number of nitro groups is 1. The predicted octanol–water partition coefficient (Wildman–Crippen LogP) is 2.04. The van der Waals surface area contributed by atoms with Gasteiger partial charge in [0.15, 0.2) is 0 Å². The van der Waals surface area contributed by atoms with Crippen molar-refractivity contribution in [3.8, 4) is 0 Å². The van der Waals surface area contributed by atoms with Gasteiger partial charge < -0.3 is 17.7 Å². The van der Waals surface area contributed by atoms with E-state index in [0.29, 0.717) is 5.69 Å². The highest BCUT2D eigenvalue weighted by Crippen LogP contribution is 2.33. The molecule has 1 heterocycles. The fourth-order valence-corrected chi connectivity index (χ4v) is 2.82. The Morgan fingerprint density at radius 1 is 0.840 bits per heavy atom. The molecule has 4 aromatic rings. The third-order valence-electron chi connectivity index (χ3n) is 3.91. The van der Waals surface area contributed by atoms with Crippen LogP contribution in [0.5, 0.6) is 0 Å². The minimum absolute atomic E-state index is 0. The number of benzene rings is 3. The first kappa shape index (κ1) is 16.7. The van der Waals surface area contributed by atoms with Gasteiger partial charge in [0.1, 0.15) is 0 Å². The van der Waals surface area contributed by atoms with Crippen LogP contribution < -0.4 is 17.7 Å². The molecule has 1 N–H and O–H groups in total. The van der Waals surface area contributed by atoms with Crippen molar-refractivity contribution in [1.29, 1.82) is 0 Å². The molecule has 0 amide bonds. The molecule has 0 aliphatic heterocycles. The molecular weight excluding hydrogens is 338 g/mol. The molecule has 0 fully saturated rings. The van der Waals surface area contributed by atoms with E-state index in [2.05, 4.69) is 10.3 Å². The molecule has 0 unspecified atom stereocenters. The summed E-state index contributed by atoms with van der Waals surface area (Å²) in [5.74, 6) is 0. The van der Waals surface area contributed by atoms with E-state index in [1.54, 1.807) is 6.07 Å². The smallest absolute Gasteiger partial charge is 0.271 e. The van der Waals surface area contributed by atoms with E-state index in [-0.39, 0.29) is 18.1 Å². The van der Waals surface area contributed by atoms with Crippen molar-refractivity contribution in [3.63, 3.8) is 0 Å². The Kier molecular flexibility index (Phi) is 4.50. The first-order valence-corrected chi connectivity index (χ1v) is 7.51. The number of aromatic nitrogens is 1. The molecule has 0 saturated heterocycles. The third kappa shape index (κ3) is 3.09. The van der Waals surface area contributed by atoms with Gasteiger partial charge in [0.25, 0.3) is 5.69 Å². The van der Waals surface area contributed by atoms with Crippen LogP contribution in [0.1, 0.15) is 0 Å². The number of hydrogen-bond donors (Lipinski definition) is 1. The molecule has 4 rings (SSSR count). The summed E-state index contributed by atoms with van der Waals surface area (Å²) in [6, 6.07) is 22.2. The number of fused-ring (bicyclic) bond motifs is 2. The predicted molar refractivity (Wildman–Crippen MR) is 95.6 cm³/mol. The summed E-state index contributed by atoms with van der Waals surface area (Å²) in [5, 5.41) is 16.3. The molecule has 0 saturated carbocycles. The average Bonchev–Trinajstić information content (AvgIpc) is 2.62. The SMILES string of the molecule is O=[N+]([O-])c1cccc(Nc2c3ccccc3nc3ccccc23)c1.[Cl-]. The van der Waals surface area contributed by atoms with E-state index >= 15 is 0 Å². The van der Waals surface area contributed by atoms with Crippen LogP contribution in [0.2, 0.25) is 0 Å². The standard InChI is InChI=1S/C19H13N3O2.ClH/c23-22(24)14-7-5-6-13(12-14)20-19-15-8-1-3-10-17(15)21-18-11-4-2-9-16(18)19;/h1-12H,(H,20,21);1H/p-1. The lowest BCUT2D eigenvalue weighted by molar-refractivity contribution is -0.384. The lowest BCUT2D eigenvalue weighted by atomic mass is 10.1. The summed E-state index contributed by atoms with van der Waals surface area (Å²) in [7, 11) is 0. The van der Waals surface area contributed by atoms with Crippen molar-refractivity contribution in [2.75, 3.05) is 5.32 Å². The minimum Gasteiger partial charge on any atom is -1.00 e. The fourth-order valence-electron chi connectivity index (χ4n) is 2.82. The molecular formula is C19H13ClN3O2-. The Labute approximate surface area is 149 Å². The van der Waals surface area contributed by atoms with Crippen molar-refractivity contribution in [2.45, 2.75) is 0 Å². The summed E-state index contributed by atoms with van der Waals surface area (Å²) in [6.45, 7) is 0. The summed E-state index contributed by atoms with van der Waals surface area (Å²) >= 11 is 0. The lowest BCUT2D eigenvalue weighted by Gasteiger charge is -2.13. The second-order valence-electron chi connectivity index (χ2n) is 5.45. The molecule has 0 bridgehead atoms. The van der Waals surface area contributed by atoms with E-state index in [4.69, 9.17) is 0 Å². The summed E-state index contributed by atoms with van der Waals surface area (Å²) in [6.07, 6.45) is 0. The van der Waals surface area contributed by atoms with Crippen molar-refractivity contribution < 1.29 is 17.3 Å². The Morgan fingerprint density at radius 3 is 2.04 bits per heavy atom. The van der Waals surface area contributed by atoms with Gasteiger partial charge in [-0.05, 0) is 18.2 Å². The summed E-state index contributed by atoms with van der Waals surface area (Å²) in [5.41, 5.74) is 3.39. The molecule has 25 heavy (non-hydrogen) atoms. The Balaban J connectivity index is 0.00000182. The van der Waals surface area contributed by atoms with Crippen LogP contribution in [0.25, 0.3) is 21.8 Å².